The third kappa shape index (κ3) is 4.88. The molecule has 1 atom stereocenters. The second-order valence-electron chi connectivity index (χ2n) is 9.37. The number of alkyl halides is 2. The Balaban J connectivity index is 1.58. The molecule has 1 unspecified atom stereocenters. The average Bonchev–Trinajstić information content (AvgIpc) is 3.11. The SMILES string of the molecule is CCC1(NC(=O)C2CCc3c(-c4cccc(OC(F)F)c4)nn(C(C)C)c3C2)CS(O)(O)C1. The molecule has 2 heterocycles. The van der Waals surface area contributed by atoms with E-state index in [4.69, 9.17) is 5.10 Å². The van der Waals surface area contributed by atoms with Crippen molar-refractivity contribution in [2.75, 3.05) is 11.5 Å². The quantitative estimate of drug-likeness (QED) is 0.522. The minimum atomic E-state index is -2.90. The zero-order valence-corrected chi connectivity index (χ0v) is 19.9. The van der Waals surface area contributed by atoms with Crippen molar-refractivity contribution in [3.05, 3.63) is 35.5 Å². The molecule has 1 aromatic heterocycles. The van der Waals surface area contributed by atoms with Crippen molar-refractivity contribution in [1.82, 2.24) is 15.1 Å². The van der Waals surface area contributed by atoms with Gasteiger partial charge in [-0.1, -0.05) is 19.1 Å². The van der Waals surface area contributed by atoms with Crippen molar-refractivity contribution in [1.29, 1.82) is 0 Å². The van der Waals surface area contributed by atoms with Crippen molar-refractivity contribution >= 4 is 16.5 Å². The van der Waals surface area contributed by atoms with E-state index in [0.29, 0.717) is 31.2 Å². The van der Waals surface area contributed by atoms with Crippen LogP contribution < -0.4 is 10.1 Å². The standard InChI is InChI=1S/C23H31F2N3O4S/c1-4-23(12-33(30,31)13-23)26-21(29)16-8-9-18-19(11-16)28(14(2)3)27-20(18)15-6-5-7-17(10-15)32-22(24)25/h5-7,10,14,16,22,30-31H,4,8-9,11-13H2,1-3H3,(H,26,29). The Kier molecular flexibility index (Phi) is 6.45. The summed E-state index contributed by atoms with van der Waals surface area (Å²) in [5.74, 6) is 0.206. The number of benzene rings is 1. The molecule has 3 N–H and O–H groups in total. The third-order valence-electron chi connectivity index (χ3n) is 6.57. The number of halogens is 2. The molecule has 1 aliphatic heterocycles. The molecule has 2 aromatic rings. The fourth-order valence-electron chi connectivity index (χ4n) is 4.91. The number of aromatic nitrogens is 2. The van der Waals surface area contributed by atoms with Crippen LogP contribution in [0.2, 0.25) is 0 Å². The average molecular weight is 484 g/mol. The minimum Gasteiger partial charge on any atom is -0.435 e. The lowest BCUT2D eigenvalue weighted by Crippen LogP contribution is -2.63. The first-order chi connectivity index (χ1) is 15.5. The summed E-state index contributed by atoms with van der Waals surface area (Å²) in [4.78, 5) is 13.1. The lowest BCUT2D eigenvalue weighted by molar-refractivity contribution is -0.127. The van der Waals surface area contributed by atoms with Crippen LogP contribution in [0, 0.1) is 5.92 Å². The van der Waals surface area contributed by atoms with E-state index in [1.165, 1.54) is 6.07 Å². The zero-order valence-electron chi connectivity index (χ0n) is 19.1. The summed E-state index contributed by atoms with van der Waals surface area (Å²) < 4.78 is 51.5. The topological polar surface area (TPSA) is 96.6 Å². The largest absolute Gasteiger partial charge is 0.435 e. The maximum atomic E-state index is 13.1. The normalized spacial score (nSPS) is 21.9. The lowest BCUT2D eigenvalue weighted by atomic mass is 9.84. The number of nitrogens with one attached hydrogen (secondary N) is 1. The van der Waals surface area contributed by atoms with E-state index >= 15 is 0 Å². The Labute approximate surface area is 193 Å². The molecule has 0 saturated carbocycles. The smallest absolute Gasteiger partial charge is 0.387 e. The molecule has 7 nitrogen and oxygen atoms in total. The molecule has 1 aliphatic carbocycles. The van der Waals surface area contributed by atoms with Crippen molar-refractivity contribution in [2.24, 2.45) is 5.92 Å². The van der Waals surface area contributed by atoms with Crippen molar-refractivity contribution in [2.45, 2.75) is 64.6 Å². The van der Waals surface area contributed by atoms with Gasteiger partial charge in [0.1, 0.15) is 5.75 Å². The summed E-state index contributed by atoms with van der Waals surface area (Å²) in [6, 6.07) is 6.61. The fourth-order valence-corrected chi connectivity index (χ4v) is 7.15. The summed E-state index contributed by atoms with van der Waals surface area (Å²) in [5.41, 5.74) is 2.91. The van der Waals surface area contributed by atoms with Gasteiger partial charge < -0.3 is 10.1 Å². The van der Waals surface area contributed by atoms with E-state index in [-0.39, 0.29) is 35.1 Å². The monoisotopic (exact) mass is 483 g/mol. The van der Waals surface area contributed by atoms with Gasteiger partial charge in [-0.15, -0.1) is 0 Å². The van der Waals surface area contributed by atoms with E-state index < -0.39 is 22.7 Å². The van der Waals surface area contributed by atoms with Crippen LogP contribution in [0.1, 0.15) is 50.9 Å². The third-order valence-corrected chi connectivity index (χ3v) is 8.60. The predicted octanol–water partition coefficient (Wildman–Crippen LogP) is 4.87. The van der Waals surface area contributed by atoms with Crippen LogP contribution in [0.15, 0.2) is 24.3 Å². The summed E-state index contributed by atoms with van der Waals surface area (Å²) in [7, 11) is -2.57. The highest BCUT2D eigenvalue weighted by molar-refractivity contribution is 8.25. The molecule has 1 aromatic carbocycles. The molecule has 33 heavy (non-hydrogen) atoms. The number of fused-ring (bicyclic) bond motifs is 1. The predicted molar refractivity (Wildman–Crippen MR) is 124 cm³/mol. The Hall–Kier alpha value is -2.17. The van der Waals surface area contributed by atoms with E-state index in [9.17, 15) is 22.7 Å². The fraction of sp³-hybridized carbons (Fsp3) is 0.565. The van der Waals surface area contributed by atoms with Crippen LogP contribution in [0.25, 0.3) is 11.3 Å². The molecule has 1 saturated heterocycles. The number of hydrogen-bond donors (Lipinski definition) is 3. The van der Waals surface area contributed by atoms with Crippen LogP contribution in [-0.4, -0.2) is 48.4 Å². The Morgan fingerprint density at radius 2 is 2.09 bits per heavy atom. The summed E-state index contributed by atoms with van der Waals surface area (Å²) in [6.07, 6.45) is 2.45. The van der Waals surface area contributed by atoms with Gasteiger partial charge in [-0.3, -0.25) is 18.6 Å². The zero-order chi connectivity index (χ0) is 24.0. The Morgan fingerprint density at radius 1 is 1.36 bits per heavy atom. The van der Waals surface area contributed by atoms with Gasteiger partial charge in [0, 0.05) is 35.2 Å². The Morgan fingerprint density at radius 3 is 2.70 bits per heavy atom. The molecule has 4 rings (SSSR count). The van der Waals surface area contributed by atoms with Gasteiger partial charge in [0.2, 0.25) is 5.91 Å². The molecule has 1 amide bonds. The molecule has 0 radical (unpaired) electrons. The van der Waals surface area contributed by atoms with Crippen LogP contribution in [0.5, 0.6) is 5.75 Å². The first-order valence-corrected chi connectivity index (χ1v) is 13.1. The van der Waals surface area contributed by atoms with Gasteiger partial charge in [-0.25, -0.2) is 0 Å². The van der Waals surface area contributed by atoms with Crippen LogP contribution in [0.3, 0.4) is 0 Å². The Bertz CT molecular complexity index is 1030. The number of amides is 1. The highest BCUT2D eigenvalue weighted by atomic mass is 32.3. The molecule has 1 fully saturated rings. The van der Waals surface area contributed by atoms with Crippen molar-refractivity contribution in [3.63, 3.8) is 0 Å². The first-order valence-electron chi connectivity index (χ1n) is 11.2. The lowest BCUT2D eigenvalue weighted by Gasteiger charge is -2.56. The maximum absolute atomic E-state index is 13.1. The number of hydrogen-bond acceptors (Lipinski definition) is 5. The highest BCUT2D eigenvalue weighted by Gasteiger charge is 2.49. The molecule has 0 bridgehead atoms. The second kappa shape index (κ2) is 8.88. The van der Waals surface area contributed by atoms with Gasteiger partial charge in [0.15, 0.2) is 0 Å². The highest BCUT2D eigenvalue weighted by Crippen LogP contribution is 2.55. The number of nitrogens with zero attached hydrogens (tertiary/aromatic N) is 2. The molecule has 0 spiro atoms. The molecule has 10 heteroatoms. The maximum Gasteiger partial charge on any atom is 0.387 e. The summed E-state index contributed by atoms with van der Waals surface area (Å²) in [6.45, 7) is 3.08. The molecular weight excluding hydrogens is 452 g/mol. The molecule has 2 aliphatic rings. The minimum absolute atomic E-state index is 0.0661. The van der Waals surface area contributed by atoms with Gasteiger partial charge in [0.05, 0.1) is 22.7 Å². The van der Waals surface area contributed by atoms with Gasteiger partial charge >= 0.3 is 6.61 Å². The van der Waals surface area contributed by atoms with E-state index in [2.05, 4.69) is 10.1 Å². The van der Waals surface area contributed by atoms with Gasteiger partial charge in [-0.2, -0.15) is 24.5 Å². The number of carbonyl (C=O) groups excluding carboxylic acids is 1. The van der Waals surface area contributed by atoms with Gasteiger partial charge in [0.25, 0.3) is 0 Å². The summed E-state index contributed by atoms with van der Waals surface area (Å²) in [5, 5.41) is 7.89. The molecule has 182 valence electrons. The molecular formula is C23H31F2N3O4S. The van der Waals surface area contributed by atoms with Crippen LogP contribution in [0.4, 0.5) is 8.78 Å². The number of rotatable bonds is 7. The van der Waals surface area contributed by atoms with E-state index in [1.807, 2.05) is 31.5 Å². The second-order valence-corrected chi connectivity index (χ2v) is 11.6. The summed E-state index contributed by atoms with van der Waals surface area (Å²) >= 11 is 0. The van der Waals surface area contributed by atoms with Gasteiger partial charge in [-0.05, 0) is 45.2 Å². The number of ether oxygens (including phenoxy) is 1. The van der Waals surface area contributed by atoms with E-state index in [1.54, 1.807) is 12.1 Å². The van der Waals surface area contributed by atoms with Crippen molar-refractivity contribution in [3.8, 4) is 17.0 Å². The van der Waals surface area contributed by atoms with Crippen LogP contribution in [-0.2, 0) is 17.6 Å². The first kappa shape index (κ1) is 24.0. The number of carbonyl (C=O) groups is 1. The van der Waals surface area contributed by atoms with Crippen LogP contribution >= 0.6 is 10.6 Å². The van der Waals surface area contributed by atoms with Crippen molar-refractivity contribution < 1.29 is 27.4 Å². The van der Waals surface area contributed by atoms with E-state index in [0.717, 1.165) is 17.0 Å².